The lowest BCUT2D eigenvalue weighted by molar-refractivity contribution is -0.133. The van der Waals surface area contributed by atoms with Crippen LogP contribution in [0.5, 0.6) is 0 Å². The third-order valence-electron chi connectivity index (χ3n) is 12.3. The molecule has 0 aromatic carbocycles. The number of rotatable bonds is 10. The summed E-state index contributed by atoms with van der Waals surface area (Å²) in [6.45, 7) is 18.1. The van der Waals surface area contributed by atoms with Crippen LogP contribution in [0.15, 0.2) is 12.7 Å². The van der Waals surface area contributed by atoms with Crippen LogP contribution in [-0.4, -0.2) is 42.9 Å². The molecule has 4 saturated carbocycles. The van der Waals surface area contributed by atoms with Crippen molar-refractivity contribution in [3.8, 4) is 0 Å². The monoisotopic (exact) mass is 562 g/mol. The zero-order valence-corrected chi connectivity index (χ0v) is 27.4. The third-order valence-corrected chi connectivity index (χ3v) is 12.3. The van der Waals surface area contributed by atoms with E-state index in [-0.39, 0.29) is 19.1 Å². The first-order chi connectivity index (χ1) is 19.1. The number of fused-ring (bicyclic) bond motifs is 5. The Balaban J connectivity index is 0.000000434. The number of aliphatic hydroxyl groups is 2. The Bertz CT molecular complexity index is 721. The normalized spacial score (nSPS) is 37.2. The minimum absolute atomic E-state index is 0.0972. The van der Waals surface area contributed by atoms with E-state index in [0.717, 1.165) is 47.8 Å². The van der Waals surface area contributed by atoms with Crippen LogP contribution in [0.2, 0.25) is 0 Å². The van der Waals surface area contributed by atoms with Crippen molar-refractivity contribution in [2.24, 2.45) is 58.2 Å². The van der Waals surface area contributed by atoms with Gasteiger partial charge in [-0.15, -0.1) is 0 Å². The fraction of sp³-hybridized carbons (Fsp3) is 0.917. The summed E-state index contributed by atoms with van der Waals surface area (Å²) >= 11 is 0. The molecule has 0 aromatic rings. The second kappa shape index (κ2) is 16.8. The summed E-state index contributed by atoms with van der Waals surface area (Å²) in [7, 11) is 1.94. The second-order valence-corrected chi connectivity index (χ2v) is 14.8. The average molecular weight is 563 g/mol. The van der Waals surface area contributed by atoms with E-state index in [4.69, 9.17) is 19.7 Å². The number of hydrogen-bond donors (Lipinski definition) is 2. The van der Waals surface area contributed by atoms with E-state index in [1.54, 1.807) is 0 Å². The van der Waals surface area contributed by atoms with Crippen LogP contribution in [0.3, 0.4) is 0 Å². The van der Waals surface area contributed by atoms with Crippen molar-refractivity contribution in [2.45, 2.75) is 131 Å². The molecule has 234 valence electrons. The van der Waals surface area contributed by atoms with E-state index in [9.17, 15) is 0 Å². The summed E-state index contributed by atoms with van der Waals surface area (Å²) in [6, 6.07) is 0. The molecule has 0 aliphatic heterocycles. The average Bonchev–Trinajstić information content (AvgIpc) is 3.31. The summed E-state index contributed by atoms with van der Waals surface area (Å²) in [5.41, 5.74) is 1.26. The van der Waals surface area contributed by atoms with Gasteiger partial charge in [0, 0.05) is 26.2 Å². The van der Waals surface area contributed by atoms with Gasteiger partial charge in [0.05, 0.1) is 6.10 Å². The number of aliphatic hydroxyl groups excluding tert-OH is 2. The maximum atomic E-state index is 9.06. The van der Waals surface area contributed by atoms with E-state index >= 15 is 0 Å². The second-order valence-electron chi connectivity index (χ2n) is 14.8. The molecule has 0 bridgehead atoms. The lowest BCUT2D eigenvalue weighted by atomic mass is 9.44. The van der Waals surface area contributed by atoms with Crippen LogP contribution < -0.4 is 0 Å². The number of allylic oxidation sites excluding steroid dienone is 1. The topological polar surface area (TPSA) is 66.8 Å². The minimum atomic E-state index is 0.0972. The Labute approximate surface area is 248 Å². The summed E-state index contributed by atoms with van der Waals surface area (Å²) < 4.78 is 5.79. The first-order valence-electron chi connectivity index (χ1n) is 16.9. The Hall–Kier alpha value is -0.710. The summed E-state index contributed by atoms with van der Waals surface area (Å²) in [4.78, 5) is 9.06. The van der Waals surface area contributed by atoms with Gasteiger partial charge >= 0.3 is 0 Å². The molecule has 0 aromatic heterocycles. The number of methoxy groups -OCH3 is 1. The summed E-state index contributed by atoms with van der Waals surface area (Å²) in [6.07, 6.45) is 20.8. The lowest BCUT2D eigenvalue weighted by Crippen LogP contribution is -2.54. The van der Waals surface area contributed by atoms with Crippen LogP contribution in [0, 0.1) is 58.2 Å². The molecule has 4 fully saturated rings. The Morgan fingerprint density at radius 2 is 1.55 bits per heavy atom. The Morgan fingerprint density at radius 3 is 2.08 bits per heavy atom. The van der Waals surface area contributed by atoms with Gasteiger partial charge in [0.2, 0.25) is 0 Å². The molecule has 4 aliphatic carbocycles. The van der Waals surface area contributed by atoms with E-state index < -0.39 is 0 Å². The SMILES string of the molecule is C=CC=O.CCC(CO)CO.COC1CCC2(C)C(CCC3C2CCC2(C)C3CCC2[C@H](C)CCCC(C)C)C1. The largest absolute Gasteiger partial charge is 0.396 e. The van der Waals surface area contributed by atoms with Gasteiger partial charge < -0.3 is 14.9 Å². The molecule has 0 radical (unpaired) electrons. The van der Waals surface area contributed by atoms with Crippen molar-refractivity contribution < 1.29 is 19.7 Å². The van der Waals surface area contributed by atoms with Crippen molar-refractivity contribution >= 4 is 6.29 Å². The maximum Gasteiger partial charge on any atom is 0.142 e. The molecule has 4 nitrogen and oxygen atoms in total. The molecule has 2 N–H and O–H groups in total. The number of aldehydes is 1. The van der Waals surface area contributed by atoms with Crippen LogP contribution in [0.25, 0.3) is 0 Å². The molecular weight excluding hydrogens is 496 g/mol. The van der Waals surface area contributed by atoms with Crippen LogP contribution in [-0.2, 0) is 9.53 Å². The third kappa shape index (κ3) is 8.44. The molecule has 40 heavy (non-hydrogen) atoms. The van der Waals surface area contributed by atoms with E-state index in [2.05, 4.69) is 41.2 Å². The fourth-order valence-electron chi connectivity index (χ4n) is 9.77. The van der Waals surface area contributed by atoms with Crippen molar-refractivity contribution in [1.29, 1.82) is 0 Å². The summed E-state index contributed by atoms with van der Waals surface area (Å²) in [5.74, 6) is 6.89. The molecule has 0 heterocycles. The molecule has 0 spiro atoms. The zero-order chi connectivity index (χ0) is 29.9. The Morgan fingerprint density at radius 1 is 0.925 bits per heavy atom. The highest BCUT2D eigenvalue weighted by Crippen LogP contribution is 2.68. The van der Waals surface area contributed by atoms with Gasteiger partial charge in [-0.05, 0) is 123 Å². The smallest absolute Gasteiger partial charge is 0.142 e. The zero-order valence-electron chi connectivity index (χ0n) is 27.4. The van der Waals surface area contributed by atoms with Crippen molar-refractivity contribution in [3.05, 3.63) is 12.7 Å². The van der Waals surface area contributed by atoms with Crippen molar-refractivity contribution in [2.75, 3.05) is 20.3 Å². The highest BCUT2D eigenvalue weighted by atomic mass is 16.5. The van der Waals surface area contributed by atoms with Crippen molar-refractivity contribution in [1.82, 2.24) is 0 Å². The number of ether oxygens (including phenoxy) is 1. The Kier molecular flexibility index (Phi) is 14.9. The number of hydrogen-bond acceptors (Lipinski definition) is 4. The molecule has 4 aliphatic rings. The number of carbonyl (C=O) groups is 1. The van der Waals surface area contributed by atoms with Gasteiger partial charge in [-0.3, -0.25) is 4.79 Å². The van der Waals surface area contributed by atoms with Gasteiger partial charge in [0.15, 0.2) is 0 Å². The minimum Gasteiger partial charge on any atom is -0.396 e. The van der Waals surface area contributed by atoms with E-state index in [0.29, 0.717) is 23.2 Å². The van der Waals surface area contributed by atoms with Gasteiger partial charge in [0.1, 0.15) is 6.29 Å². The molecule has 4 heteroatoms. The maximum absolute atomic E-state index is 9.06. The first kappa shape index (κ1) is 35.5. The molecular formula is C36H66O4. The van der Waals surface area contributed by atoms with E-state index in [1.807, 2.05) is 14.0 Å². The van der Waals surface area contributed by atoms with Crippen LogP contribution in [0.1, 0.15) is 125 Å². The molecule has 0 amide bonds. The van der Waals surface area contributed by atoms with Gasteiger partial charge in [0.25, 0.3) is 0 Å². The van der Waals surface area contributed by atoms with Gasteiger partial charge in [-0.25, -0.2) is 0 Å². The van der Waals surface area contributed by atoms with Gasteiger partial charge in [-0.2, -0.15) is 0 Å². The predicted molar refractivity (Wildman–Crippen MR) is 168 cm³/mol. The quantitative estimate of drug-likeness (QED) is 0.207. The van der Waals surface area contributed by atoms with Crippen LogP contribution >= 0.6 is 0 Å². The van der Waals surface area contributed by atoms with Crippen molar-refractivity contribution in [3.63, 3.8) is 0 Å². The summed E-state index contributed by atoms with van der Waals surface area (Å²) in [5, 5.41) is 16.7. The molecule has 9 atom stereocenters. The van der Waals surface area contributed by atoms with Crippen LogP contribution in [0.4, 0.5) is 0 Å². The van der Waals surface area contributed by atoms with E-state index in [1.165, 1.54) is 83.1 Å². The lowest BCUT2D eigenvalue weighted by Gasteiger charge is -2.61. The fourth-order valence-corrected chi connectivity index (χ4v) is 9.77. The van der Waals surface area contributed by atoms with Gasteiger partial charge in [-0.1, -0.05) is 67.4 Å². The molecule has 4 rings (SSSR count). The predicted octanol–water partition coefficient (Wildman–Crippen LogP) is 8.49. The standard InChI is InChI=1S/C28H50O.C5H12O2.C3H4O/c1-19(2)8-7-9-20(3)24-12-13-25-23-11-10-21-18-22(29-6)14-16-27(21,4)26(23)15-17-28(24,25)5;1-2-5(3-6)4-7;1-2-3-4/h19-26H,7-18H2,1-6H3;5-7H,2-4H2,1H3;2-3H,1H2/t20-,21?,22?,23?,24?,25?,26?,27?,28?;;/m1../s1. The molecule has 0 saturated heterocycles. The highest BCUT2D eigenvalue weighted by molar-refractivity contribution is 5.63. The molecule has 8 unspecified atom stereocenters. The first-order valence-corrected chi connectivity index (χ1v) is 16.9. The number of carbonyl (C=O) groups excluding carboxylic acids is 1. The highest BCUT2D eigenvalue weighted by Gasteiger charge is 2.60.